The van der Waals surface area contributed by atoms with E-state index in [9.17, 15) is 9.18 Å². The van der Waals surface area contributed by atoms with Crippen LogP contribution in [-0.2, 0) is 12.8 Å². The highest BCUT2D eigenvalue weighted by molar-refractivity contribution is 5.50. The lowest BCUT2D eigenvalue weighted by molar-refractivity contribution is 0.191. The summed E-state index contributed by atoms with van der Waals surface area (Å²) in [5.74, 6) is 0.331. The van der Waals surface area contributed by atoms with E-state index in [4.69, 9.17) is 4.74 Å². The monoisotopic (exact) mass is 313 g/mol. The van der Waals surface area contributed by atoms with Crippen molar-refractivity contribution in [2.75, 3.05) is 6.86 Å². The van der Waals surface area contributed by atoms with Crippen LogP contribution in [0.5, 0.6) is 5.75 Å². The lowest BCUT2D eigenvalue weighted by atomic mass is 10.0. The molecule has 0 saturated heterocycles. The number of hydrogen-bond donors (Lipinski definition) is 0. The fraction of sp³-hybridized carbons (Fsp3) is 0.294. The molecule has 6 heteroatoms. The van der Waals surface area contributed by atoms with E-state index in [1.165, 1.54) is 4.57 Å². The van der Waals surface area contributed by atoms with Crippen molar-refractivity contribution in [3.8, 4) is 11.4 Å². The molecule has 1 aliphatic carbocycles. The second-order valence-electron chi connectivity index (χ2n) is 5.60. The van der Waals surface area contributed by atoms with Crippen LogP contribution in [0.15, 0.2) is 41.5 Å². The van der Waals surface area contributed by atoms with Gasteiger partial charge in [0.25, 0.3) is 5.56 Å². The third-order valence-corrected chi connectivity index (χ3v) is 4.28. The number of benzene rings is 1. The van der Waals surface area contributed by atoms with Gasteiger partial charge in [0.15, 0.2) is 0 Å². The molecule has 0 saturated carbocycles. The highest BCUT2D eigenvalue weighted by Gasteiger charge is 2.19. The quantitative estimate of drug-likeness (QED) is 0.747. The number of rotatable bonds is 3. The SMILES string of the molecule is O=c1c2nc3c(n2ccn1-c1ccccc1OCF)CCCC3. The molecule has 1 aliphatic rings. The Morgan fingerprint density at radius 2 is 2.00 bits per heavy atom. The molecule has 5 nitrogen and oxygen atoms in total. The van der Waals surface area contributed by atoms with Gasteiger partial charge >= 0.3 is 0 Å². The molecule has 0 atom stereocenters. The molecule has 0 amide bonds. The minimum absolute atomic E-state index is 0.225. The smallest absolute Gasteiger partial charge is 0.298 e. The Bertz CT molecular complexity index is 929. The van der Waals surface area contributed by atoms with Crippen molar-refractivity contribution in [3.05, 3.63) is 58.4 Å². The number of ether oxygens (including phenoxy) is 1. The number of aromatic nitrogens is 3. The molecule has 4 rings (SSSR count). The Balaban J connectivity index is 1.93. The standard InChI is InChI=1S/C17H16FN3O2/c18-11-23-15-8-4-3-7-14(15)21-10-9-20-13-6-2-1-5-12(13)19-16(20)17(21)22/h3-4,7-10H,1-2,5-6,11H2. The van der Waals surface area contributed by atoms with Crippen molar-refractivity contribution in [2.45, 2.75) is 25.7 Å². The van der Waals surface area contributed by atoms with Crippen molar-refractivity contribution in [2.24, 2.45) is 0 Å². The molecule has 2 heterocycles. The van der Waals surface area contributed by atoms with Gasteiger partial charge in [-0.3, -0.25) is 13.8 Å². The maximum Gasteiger partial charge on any atom is 0.298 e. The number of para-hydroxylation sites is 2. The Kier molecular flexibility index (Phi) is 3.37. The van der Waals surface area contributed by atoms with Gasteiger partial charge in [-0.2, -0.15) is 0 Å². The predicted molar refractivity (Wildman–Crippen MR) is 84.0 cm³/mol. The van der Waals surface area contributed by atoms with Crippen molar-refractivity contribution in [1.29, 1.82) is 0 Å². The van der Waals surface area contributed by atoms with Gasteiger partial charge in [0.1, 0.15) is 5.75 Å². The third kappa shape index (κ3) is 2.21. The molecule has 0 unspecified atom stereocenters. The van der Waals surface area contributed by atoms with E-state index in [1.807, 2.05) is 10.6 Å². The molecule has 118 valence electrons. The number of hydrogen-bond acceptors (Lipinski definition) is 3. The highest BCUT2D eigenvalue weighted by atomic mass is 19.1. The highest BCUT2D eigenvalue weighted by Crippen LogP contribution is 2.23. The molecule has 0 radical (unpaired) electrons. The first-order chi connectivity index (χ1) is 11.3. The summed E-state index contributed by atoms with van der Waals surface area (Å²) in [7, 11) is 0. The van der Waals surface area contributed by atoms with Crippen molar-refractivity contribution in [1.82, 2.24) is 14.0 Å². The molecular weight excluding hydrogens is 297 g/mol. The summed E-state index contributed by atoms with van der Waals surface area (Å²) in [6.07, 6.45) is 7.63. The van der Waals surface area contributed by atoms with Crippen LogP contribution in [0.2, 0.25) is 0 Å². The first-order valence-electron chi connectivity index (χ1n) is 7.69. The van der Waals surface area contributed by atoms with Crippen LogP contribution in [0.25, 0.3) is 11.3 Å². The molecule has 2 aromatic heterocycles. The maximum atomic E-state index is 12.8. The van der Waals surface area contributed by atoms with E-state index in [2.05, 4.69) is 4.98 Å². The minimum Gasteiger partial charge on any atom is -0.461 e. The molecule has 23 heavy (non-hydrogen) atoms. The van der Waals surface area contributed by atoms with Crippen LogP contribution in [0.4, 0.5) is 4.39 Å². The van der Waals surface area contributed by atoms with Crippen LogP contribution >= 0.6 is 0 Å². The van der Waals surface area contributed by atoms with Gasteiger partial charge in [-0.15, -0.1) is 0 Å². The van der Waals surface area contributed by atoms with E-state index in [1.54, 1.807) is 30.5 Å². The Hall–Kier alpha value is -2.63. The lowest BCUT2D eigenvalue weighted by Crippen LogP contribution is -2.21. The molecule has 1 aromatic carbocycles. The van der Waals surface area contributed by atoms with Gasteiger partial charge in [0.05, 0.1) is 11.4 Å². The number of halogens is 1. The molecule has 0 fully saturated rings. The summed E-state index contributed by atoms with van der Waals surface area (Å²) < 4.78 is 20.9. The largest absolute Gasteiger partial charge is 0.461 e. The van der Waals surface area contributed by atoms with Crippen LogP contribution in [0, 0.1) is 0 Å². The second kappa shape index (κ2) is 5.53. The average Bonchev–Trinajstić information content (AvgIpc) is 2.96. The normalized spacial score (nSPS) is 14.0. The van der Waals surface area contributed by atoms with E-state index in [-0.39, 0.29) is 5.56 Å². The summed E-state index contributed by atoms with van der Waals surface area (Å²) >= 11 is 0. The van der Waals surface area contributed by atoms with Gasteiger partial charge in [-0.25, -0.2) is 9.37 Å². The molecule has 0 aliphatic heterocycles. The summed E-state index contributed by atoms with van der Waals surface area (Å²) in [5.41, 5.74) is 2.84. The topological polar surface area (TPSA) is 48.5 Å². The van der Waals surface area contributed by atoms with Gasteiger partial charge in [-0.05, 0) is 37.8 Å². The van der Waals surface area contributed by atoms with Gasteiger partial charge in [-0.1, -0.05) is 12.1 Å². The van der Waals surface area contributed by atoms with Crippen molar-refractivity contribution in [3.63, 3.8) is 0 Å². The van der Waals surface area contributed by atoms with Crippen LogP contribution in [-0.4, -0.2) is 20.8 Å². The molecule has 0 N–H and O–H groups in total. The van der Waals surface area contributed by atoms with E-state index in [0.717, 1.165) is 37.1 Å². The van der Waals surface area contributed by atoms with Crippen molar-refractivity contribution >= 4 is 5.65 Å². The van der Waals surface area contributed by atoms with Crippen LogP contribution in [0.1, 0.15) is 24.2 Å². The number of aryl methyl sites for hydroxylation is 2. The number of imidazole rings is 1. The summed E-state index contributed by atoms with van der Waals surface area (Å²) in [4.78, 5) is 17.4. The Labute approximate surface area is 132 Å². The van der Waals surface area contributed by atoms with Crippen LogP contribution in [0.3, 0.4) is 0 Å². The predicted octanol–water partition coefficient (Wildman–Crippen LogP) is 2.67. The fourth-order valence-electron chi connectivity index (χ4n) is 3.21. The number of fused-ring (bicyclic) bond motifs is 3. The zero-order chi connectivity index (χ0) is 15.8. The summed E-state index contributed by atoms with van der Waals surface area (Å²) in [6.45, 7) is -0.939. The first-order valence-corrected chi connectivity index (χ1v) is 7.69. The number of nitrogens with zero attached hydrogens (tertiary/aromatic N) is 3. The molecular formula is C17H16FN3O2. The molecule has 3 aromatic rings. The van der Waals surface area contributed by atoms with Gasteiger partial charge in [0, 0.05) is 18.1 Å². The van der Waals surface area contributed by atoms with E-state index in [0.29, 0.717) is 17.1 Å². The zero-order valence-corrected chi connectivity index (χ0v) is 12.5. The maximum absolute atomic E-state index is 12.8. The zero-order valence-electron chi connectivity index (χ0n) is 12.5. The summed E-state index contributed by atoms with van der Waals surface area (Å²) in [6, 6.07) is 6.90. The minimum atomic E-state index is -0.939. The second-order valence-corrected chi connectivity index (χ2v) is 5.60. The van der Waals surface area contributed by atoms with Crippen molar-refractivity contribution < 1.29 is 9.13 Å². The van der Waals surface area contributed by atoms with E-state index >= 15 is 0 Å². The molecule has 0 spiro atoms. The average molecular weight is 313 g/mol. The Morgan fingerprint density at radius 3 is 2.87 bits per heavy atom. The third-order valence-electron chi connectivity index (χ3n) is 4.28. The number of alkyl halides is 1. The van der Waals surface area contributed by atoms with E-state index < -0.39 is 6.86 Å². The fourth-order valence-corrected chi connectivity index (χ4v) is 3.21. The Morgan fingerprint density at radius 1 is 1.17 bits per heavy atom. The summed E-state index contributed by atoms with van der Waals surface area (Å²) in [5, 5.41) is 0. The molecule has 0 bridgehead atoms. The van der Waals surface area contributed by atoms with Gasteiger partial charge in [0.2, 0.25) is 12.5 Å². The first kappa shape index (κ1) is 14.0. The van der Waals surface area contributed by atoms with Crippen LogP contribution < -0.4 is 10.3 Å². The van der Waals surface area contributed by atoms with Gasteiger partial charge < -0.3 is 4.74 Å². The lowest BCUT2D eigenvalue weighted by Gasteiger charge is -2.12.